The smallest absolute Gasteiger partial charge is 0.238 e. The van der Waals surface area contributed by atoms with Crippen LogP contribution in [0.2, 0.25) is 0 Å². The number of benzene rings is 1. The number of ether oxygens (including phenoxy) is 1. The number of thioether (sulfide) groups is 1. The number of aliphatic hydroxyl groups is 1. The fourth-order valence-corrected chi connectivity index (χ4v) is 4.89. The van der Waals surface area contributed by atoms with Gasteiger partial charge in [0.05, 0.1) is 30.6 Å². The molecule has 2 aliphatic heterocycles. The lowest BCUT2D eigenvalue weighted by Crippen LogP contribution is -2.42. The second kappa shape index (κ2) is 9.62. The fraction of sp³-hybridized carbons (Fsp3) is 0.476. The monoisotopic (exact) mass is 427 g/mol. The minimum atomic E-state index is -1.02. The second-order valence-electron chi connectivity index (χ2n) is 7.35. The zero-order valence-electron chi connectivity index (χ0n) is 16.7. The van der Waals surface area contributed by atoms with Crippen molar-refractivity contribution in [2.75, 3.05) is 49.4 Å². The molecule has 0 saturated carbocycles. The average molecular weight is 428 g/mol. The first-order valence-corrected chi connectivity index (χ1v) is 11.2. The van der Waals surface area contributed by atoms with Crippen LogP contribution in [0.3, 0.4) is 0 Å². The van der Waals surface area contributed by atoms with Gasteiger partial charge < -0.3 is 19.6 Å². The molecule has 2 aliphatic rings. The number of carbonyl (C=O) groups excluding carboxylic acids is 1. The van der Waals surface area contributed by atoms with Gasteiger partial charge in [-0.25, -0.2) is 0 Å². The molecular formula is C21H25N5O3S. The summed E-state index contributed by atoms with van der Waals surface area (Å²) in [6.45, 7) is 3.18. The van der Waals surface area contributed by atoms with Crippen molar-refractivity contribution in [3.63, 3.8) is 0 Å². The first-order valence-electron chi connectivity index (χ1n) is 10.1. The summed E-state index contributed by atoms with van der Waals surface area (Å²) >= 11 is 1.56. The summed E-state index contributed by atoms with van der Waals surface area (Å²) in [6, 6.07) is 9.56. The van der Waals surface area contributed by atoms with E-state index in [1.807, 2.05) is 18.2 Å². The number of rotatable bonds is 5. The van der Waals surface area contributed by atoms with Crippen molar-refractivity contribution >= 4 is 34.3 Å². The molecular weight excluding hydrogens is 402 g/mol. The molecule has 2 atom stereocenters. The third kappa shape index (κ3) is 4.52. The first-order chi connectivity index (χ1) is 14.7. The summed E-state index contributed by atoms with van der Waals surface area (Å²) < 4.78 is 5.55. The van der Waals surface area contributed by atoms with Crippen LogP contribution in [-0.2, 0) is 9.53 Å². The number of aliphatic hydroxyl groups excluding tert-OH is 1. The fourth-order valence-electron chi connectivity index (χ4n) is 3.79. The molecule has 30 heavy (non-hydrogen) atoms. The van der Waals surface area contributed by atoms with E-state index in [-0.39, 0.29) is 12.5 Å². The number of pyridine rings is 1. The molecule has 1 amide bonds. The lowest BCUT2D eigenvalue weighted by Gasteiger charge is -2.23. The van der Waals surface area contributed by atoms with Gasteiger partial charge in [0.15, 0.2) is 0 Å². The van der Waals surface area contributed by atoms with Crippen LogP contribution in [0.25, 0.3) is 10.9 Å². The number of nitrogens with zero attached hydrogens (tertiary/aromatic N) is 4. The zero-order valence-corrected chi connectivity index (χ0v) is 17.5. The topological polar surface area (TPSA) is 102 Å². The molecule has 158 valence electrons. The van der Waals surface area contributed by atoms with Crippen molar-refractivity contribution in [3.8, 4) is 6.07 Å². The minimum absolute atomic E-state index is 0.0348. The van der Waals surface area contributed by atoms with Gasteiger partial charge in [-0.2, -0.15) is 5.26 Å². The van der Waals surface area contributed by atoms with Gasteiger partial charge >= 0.3 is 0 Å². The Labute approximate surface area is 179 Å². The van der Waals surface area contributed by atoms with E-state index in [4.69, 9.17) is 10.00 Å². The number of hydrogen-bond donors (Lipinski definition) is 2. The van der Waals surface area contributed by atoms with Gasteiger partial charge in [-0.3, -0.25) is 15.1 Å². The molecule has 2 fully saturated rings. The van der Waals surface area contributed by atoms with Crippen LogP contribution < -0.4 is 10.2 Å². The number of amides is 1. The van der Waals surface area contributed by atoms with Crippen LogP contribution in [0.5, 0.6) is 0 Å². The Kier molecular flexibility index (Phi) is 6.69. The number of aromatic nitrogens is 1. The molecule has 1 aromatic heterocycles. The van der Waals surface area contributed by atoms with E-state index in [0.717, 1.165) is 42.7 Å². The Morgan fingerprint density at radius 1 is 1.40 bits per heavy atom. The van der Waals surface area contributed by atoms with Crippen LogP contribution in [0.15, 0.2) is 30.5 Å². The Morgan fingerprint density at radius 2 is 2.30 bits per heavy atom. The summed E-state index contributed by atoms with van der Waals surface area (Å²) in [4.78, 5) is 20.7. The standard InChI is InChI=1S/C21H25N5O3S/c22-11-16-13-30-14-26(16)20(27)12-24-21(28)17-4-5-23-19-3-2-15(10-18(17)19)25-6-1-8-29-9-7-25/h2-5,10,16,21,24,28H,1,6-9,12-14H2/t16-,21?/m1/s1. The lowest BCUT2D eigenvalue weighted by molar-refractivity contribution is -0.130. The minimum Gasteiger partial charge on any atom is -0.380 e. The molecule has 0 aliphatic carbocycles. The summed E-state index contributed by atoms with van der Waals surface area (Å²) in [5.41, 5.74) is 2.53. The third-order valence-corrected chi connectivity index (χ3v) is 6.45. The SMILES string of the molecule is N#C[C@@H]1CSCN1C(=O)CNC(O)c1ccnc2ccc(N3CCCOCC3)cc12. The highest BCUT2D eigenvalue weighted by atomic mass is 32.2. The average Bonchev–Trinajstić information content (AvgIpc) is 3.10. The summed E-state index contributed by atoms with van der Waals surface area (Å²) in [7, 11) is 0. The first kappa shape index (κ1) is 20.9. The molecule has 9 heteroatoms. The molecule has 2 saturated heterocycles. The third-order valence-electron chi connectivity index (χ3n) is 5.44. The number of fused-ring (bicyclic) bond motifs is 1. The molecule has 1 aromatic carbocycles. The summed E-state index contributed by atoms with van der Waals surface area (Å²) in [5.74, 6) is 0.953. The molecule has 2 aromatic rings. The van der Waals surface area contributed by atoms with Crippen molar-refractivity contribution in [1.82, 2.24) is 15.2 Å². The highest BCUT2D eigenvalue weighted by Crippen LogP contribution is 2.27. The Morgan fingerprint density at radius 3 is 3.17 bits per heavy atom. The van der Waals surface area contributed by atoms with Crippen molar-refractivity contribution in [2.45, 2.75) is 18.7 Å². The van der Waals surface area contributed by atoms with Gasteiger partial charge in [-0.05, 0) is 30.7 Å². The quantitative estimate of drug-likeness (QED) is 0.692. The van der Waals surface area contributed by atoms with E-state index in [1.165, 1.54) is 0 Å². The number of nitriles is 1. The van der Waals surface area contributed by atoms with E-state index in [1.54, 1.807) is 28.9 Å². The summed E-state index contributed by atoms with van der Waals surface area (Å²) in [5, 5.41) is 23.7. The van der Waals surface area contributed by atoms with Gasteiger partial charge in [0.25, 0.3) is 0 Å². The molecule has 2 N–H and O–H groups in total. The maximum atomic E-state index is 12.5. The van der Waals surface area contributed by atoms with Gasteiger partial charge in [-0.1, -0.05) is 0 Å². The molecule has 0 radical (unpaired) electrons. The van der Waals surface area contributed by atoms with Crippen molar-refractivity contribution in [2.24, 2.45) is 0 Å². The van der Waals surface area contributed by atoms with Crippen LogP contribution >= 0.6 is 11.8 Å². The van der Waals surface area contributed by atoms with Crippen molar-refractivity contribution in [1.29, 1.82) is 5.26 Å². The number of nitrogens with one attached hydrogen (secondary N) is 1. The van der Waals surface area contributed by atoms with Crippen LogP contribution in [-0.4, -0.2) is 71.4 Å². The van der Waals surface area contributed by atoms with Crippen LogP contribution in [0.1, 0.15) is 18.2 Å². The molecule has 3 heterocycles. The predicted octanol–water partition coefficient (Wildman–Crippen LogP) is 1.47. The predicted molar refractivity (Wildman–Crippen MR) is 116 cm³/mol. The Bertz CT molecular complexity index is 942. The molecule has 0 bridgehead atoms. The highest BCUT2D eigenvalue weighted by Gasteiger charge is 2.29. The van der Waals surface area contributed by atoms with Gasteiger partial charge in [0, 0.05) is 48.3 Å². The van der Waals surface area contributed by atoms with E-state index in [2.05, 4.69) is 21.3 Å². The molecule has 0 spiro atoms. The normalized spacial score (nSPS) is 20.7. The van der Waals surface area contributed by atoms with E-state index in [0.29, 0.717) is 23.8 Å². The maximum Gasteiger partial charge on any atom is 0.238 e. The van der Waals surface area contributed by atoms with Gasteiger partial charge in [0.1, 0.15) is 12.3 Å². The number of carbonyl (C=O) groups is 1. The zero-order chi connectivity index (χ0) is 20.9. The van der Waals surface area contributed by atoms with Crippen molar-refractivity contribution < 1.29 is 14.6 Å². The Balaban J connectivity index is 1.50. The molecule has 8 nitrogen and oxygen atoms in total. The van der Waals surface area contributed by atoms with Gasteiger partial charge in [0.2, 0.25) is 5.91 Å². The van der Waals surface area contributed by atoms with E-state index >= 15 is 0 Å². The number of hydrogen-bond acceptors (Lipinski definition) is 8. The van der Waals surface area contributed by atoms with Crippen LogP contribution in [0.4, 0.5) is 5.69 Å². The van der Waals surface area contributed by atoms with E-state index in [9.17, 15) is 9.90 Å². The number of anilines is 1. The van der Waals surface area contributed by atoms with Crippen LogP contribution in [0, 0.1) is 11.3 Å². The molecule has 1 unspecified atom stereocenters. The maximum absolute atomic E-state index is 12.5. The molecule has 4 rings (SSSR count). The second-order valence-corrected chi connectivity index (χ2v) is 8.35. The van der Waals surface area contributed by atoms with E-state index < -0.39 is 12.3 Å². The van der Waals surface area contributed by atoms with Gasteiger partial charge in [-0.15, -0.1) is 11.8 Å². The van der Waals surface area contributed by atoms with Crippen molar-refractivity contribution in [3.05, 3.63) is 36.0 Å². The largest absolute Gasteiger partial charge is 0.380 e. The lowest BCUT2D eigenvalue weighted by atomic mass is 10.1. The highest BCUT2D eigenvalue weighted by molar-refractivity contribution is 7.99. The summed E-state index contributed by atoms with van der Waals surface area (Å²) in [6.07, 6.45) is 1.62. The Hall–Kier alpha value is -2.38.